The van der Waals surface area contributed by atoms with E-state index in [0.29, 0.717) is 0 Å². The molecule has 2 amide bonds. The Kier molecular flexibility index (Phi) is 4.99. The highest BCUT2D eigenvalue weighted by Crippen LogP contribution is 2.12. The molecular weight excluding hydrogens is 276 g/mol. The predicted octanol–water partition coefficient (Wildman–Crippen LogP) is 0.345. The molecule has 20 heavy (non-hydrogen) atoms. The Balaban J connectivity index is 1.77. The SMILES string of the molecule is Cc1ccc(NC(=O)CSC2NC(=O)CC(N)N2)cc1. The van der Waals surface area contributed by atoms with E-state index in [-0.39, 0.29) is 35.7 Å². The van der Waals surface area contributed by atoms with Gasteiger partial charge in [0.15, 0.2) is 0 Å². The third kappa shape index (κ3) is 4.52. The second-order valence-electron chi connectivity index (χ2n) is 4.65. The van der Waals surface area contributed by atoms with Gasteiger partial charge in [0.05, 0.1) is 18.3 Å². The molecule has 2 atom stereocenters. The fourth-order valence-corrected chi connectivity index (χ4v) is 2.66. The molecule has 0 radical (unpaired) electrons. The monoisotopic (exact) mass is 294 g/mol. The zero-order valence-electron chi connectivity index (χ0n) is 11.2. The van der Waals surface area contributed by atoms with Gasteiger partial charge in [-0.25, -0.2) is 0 Å². The van der Waals surface area contributed by atoms with Gasteiger partial charge in [-0.1, -0.05) is 17.7 Å². The van der Waals surface area contributed by atoms with E-state index in [9.17, 15) is 9.59 Å². The van der Waals surface area contributed by atoms with E-state index >= 15 is 0 Å². The van der Waals surface area contributed by atoms with E-state index in [4.69, 9.17) is 5.73 Å². The molecule has 1 aromatic carbocycles. The van der Waals surface area contributed by atoms with E-state index in [1.807, 2.05) is 31.2 Å². The van der Waals surface area contributed by atoms with Gasteiger partial charge >= 0.3 is 0 Å². The Hall–Kier alpha value is -1.57. The summed E-state index contributed by atoms with van der Waals surface area (Å²) < 4.78 is 0. The summed E-state index contributed by atoms with van der Waals surface area (Å²) in [5.74, 6) is 0.0141. The number of nitrogens with two attached hydrogens (primary N) is 1. The fraction of sp³-hybridized carbons (Fsp3) is 0.385. The highest BCUT2D eigenvalue weighted by Gasteiger charge is 2.23. The van der Waals surface area contributed by atoms with E-state index in [0.717, 1.165) is 11.3 Å². The molecule has 7 heteroatoms. The zero-order valence-corrected chi connectivity index (χ0v) is 12.0. The summed E-state index contributed by atoms with van der Waals surface area (Å²) in [6.07, 6.45) is -0.103. The van der Waals surface area contributed by atoms with Gasteiger partial charge in [-0.3, -0.25) is 14.9 Å². The molecule has 6 nitrogen and oxygen atoms in total. The number of thioether (sulfide) groups is 1. The van der Waals surface area contributed by atoms with Gasteiger partial charge < -0.3 is 16.4 Å². The number of anilines is 1. The van der Waals surface area contributed by atoms with Crippen LogP contribution in [-0.2, 0) is 9.59 Å². The van der Waals surface area contributed by atoms with Crippen LogP contribution in [0.4, 0.5) is 5.69 Å². The normalized spacial score (nSPS) is 22.2. The van der Waals surface area contributed by atoms with Crippen LogP contribution in [0.25, 0.3) is 0 Å². The third-order valence-corrected chi connectivity index (χ3v) is 3.80. The maximum absolute atomic E-state index is 11.8. The number of benzene rings is 1. The van der Waals surface area contributed by atoms with Crippen LogP contribution in [0.2, 0.25) is 0 Å². The summed E-state index contributed by atoms with van der Waals surface area (Å²) in [4.78, 5) is 23.1. The lowest BCUT2D eigenvalue weighted by Crippen LogP contribution is -2.58. The molecule has 2 unspecified atom stereocenters. The lowest BCUT2D eigenvalue weighted by atomic mass is 10.2. The third-order valence-electron chi connectivity index (χ3n) is 2.78. The zero-order chi connectivity index (χ0) is 14.5. The first-order valence-corrected chi connectivity index (χ1v) is 7.37. The second kappa shape index (κ2) is 6.74. The highest BCUT2D eigenvalue weighted by molar-refractivity contribution is 8.00. The van der Waals surface area contributed by atoms with Crippen molar-refractivity contribution in [3.8, 4) is 0 Å². The summed E-state index contributed by atoms with van der Waals surface area (Å²) in [7, 11) is 0. The first-order chi connectivity index (χ1) is 9.52. The van der Waals surface area contributed by atoms with Crippen LogP contribution >= 0.6 is 11.8 Å². The number of amides is 2. The molecule has 0 aromatic heterocycles. The first kappa shape index (κ1) is 14.8. The van der Waals surface area contributed by atoms with Crippen LogP contribution in [0.3, 0.4) is 0 Å². The molecule has 108 valence electrons. The average Bonchev–Trinajstić information content (AvgIpc) is 2.38. The number of nitrogens with one attached hydrogen (secondary N) is 3. The molecule has 1 aromatic rings. The van der Waals surface area contributed by atoms with E-state index in [1.165, 1.54) is 11.8 Å². The van der Waals surface area contributed by atoms with Crippen molar-refractivity contribution in [2.45, 2.75) is 25.0 Å². The van der Waals surface area contributed by atoms with Gasteiger partial charge in [0.25, 0.3) is 0 Å². The van der Waals surface area contributed by atoms with Gasteiger partial charge in [0.1, 0.15) is 5.50 Å². The largest absolute Gasteiger partial charge is 0.332 e. The van der Waals surface area contributed by atoms with Crippen LogP contribution in [0.15, 0.2) is 24.3 Å². The smallest absolute Gasteiger partial charge is 0.234 e. The minimum absolute atomic E-state index is 0.104. The molecule has 2 rings (SSSR count). The van der Waals surface area contributed by atoms with Gasteiger partial charge in [-0.15, -0.1) is 11.8 Å². The fourth-order valence-electron chi connectivity index (χ4n) is 1.78. The molecule has 1 fully saturated rings. The van der Waals surface area contributed by atoms with Crippen molar-refractivity contribution < 1.29 is 9.59 Å². The summed E-state index contributed by atoms with van der Waals surface area (Å²) in [6, 6.07) is 7.58. The van der Waals surface area contributed by atoms with Crippen LogP contribution in [0, 0.1) is 6.92 Å². The standard InChI is InChI=1S/C13H18N4O2S/c1-8-2-4-9(5-3-8)15-12(19)7-20-13-16-10(14)6-11(18)17-13/h2-5,10,13,16H,6-7,14H2,1H3,(H,15,19)(H,17,18). The van der Waals surface area contributed by atoms with Crippen molar-refractivity contribution in [1.82, 2.24) is 10.6 Å². The van der Waals surface area contributed by atoms with Crippen molar-refractivity contribution in [3.63, 3.8) is 0 Å². The number of carbonyl (C=O) groups is 2. The molecule has 1 heterocycles. The maximum Gasteiger partial charge on any atom is 0.234 e. The van der Waals surface area contributed by atoms with Crippen molar-refractivity contribution in [2.24, 2.45) is 5.73 Å². The molecule has 1 aliphatic heterocycles. The minimum Gasteiger partial charge on any atom is -0.332 e. The van der Waals surface area contributed by atoms with E-state index in [1.54, 1.807) is 0 Å². The molecule has 0 saturated carbocycles. The number of hydrogen-bond donors (Lipinski definition) is 4. The maximum atomic E-state index is 11.8. The molecule has 1 saturated heterocycles. The Morgan fingerprint density at radius 3 is 2.80 bits per heavy atom. The van der Waals surface area contributed by atoms with Gasteiger partial charge in [-0.05, 0) is 19.1 Å². The molecule has 0 aliphatic carbocycles. The molecule has 1 aliphatic rings. The van der Waals surface area contributed by atoms with E-state index in [2.05, 4.69) is 16.0 Å². The van der Waals surface area contributed by atoms with Crippen molar-refractivity contribution >= 4 is 29.3 Å². The van der Waals surface area contributed by atoms with Crippen LogP contribution in [0.1, 0.15) is 12.0 Å². The molecule has 5 N–H and O–H groups in total. The van der Waals surface area contributed by atoms with Crippen LogP contribution in [-0.4, -0.2) is 29.2 Å². The van der Waals surface area contributed by atoms with Crippen molar-refractivity contribution in [1.29, 1.82) is 0 Å². The summed E-state index contributed by atoms with van der Waals surface area (Å²) in [6.45, 7) is 1.99. The van der Waals surface area contributed by atoms with E-state index < -0.39 is 0 Å². The van der Waals surface area contributed by atoms with Crippen molar-refractivity contribution in [2.75, 3.05) is 11.1 Å². The average molecular weight is 294 g/mol. The molecular formula is C13H18N4O2S. The number of aryl methyl sites for hydroxylation is 1. The summed E-state index contributed by atoms with van der Waals surface area (Å²) in [5.41, 5.74) is 7.25. The molecule has 0 bridgehead atoms. The summed E-state index contributed by atoms with van der Waals surface area (Å²) >= 11 is 1.30. The Morgan fingerprint density at radius 2 is 2.15 bits per heavy atom. The van der Waals surface area contributed by atoms with Gasteiger partial charge in [0, 0.05) is 5.69 Å². The molecule has 0 spiro atoms. The van der Waals surface area contributed by atoms with Crippen LogP contribution < -0.4 is 21.7 Å². The lowest BCUT2D eigenvalue weighted by molar-refractivity contribution is -0.123. The quantitative estimate of drug-likeness (QED) is 0.642. The number of hydrogen-bond acceptors (Lipinski definition) is 5. The van der Waals surface area contributed by atoms with Crippen molar-refractivity contribution in [3.05, 3.63) is 29.8 Å². The first-order valence-electron chi connectivity index (χ1n) is 6.32. The Morgan fingerprint density at radius 1 is 1.45 bits per heavy atom. The predicted molar refractivity (Wildman–Crippen MR) is 79.9 cm³/mol. The Labute approximate surface area is 121 Å². The number of carbonyl (C=O) groups excluding carboxylic acids is 2. The van der Waals surface area contributed by atoms with Gasteiger partial charge in [-0.2, -0.15) is 0 Å². The summed E-state index contributed by atoms with van der Waals surface area (Å²) in [5, 5.41) is 8.53. The lowest BCUT2D eigenvalue weighted by Gasteiger charge is -2.28. The Bertz CT molecular complexity index is 492. The van der Waals surface area contributed by atoms with Gasteiger partial charge in [0.2, 0.25) is 11.8 Å². The minimum atomic E-state index is -0.360. The topological polar surface area (TPSA) is 96.2 Å². The second-order valence-corrected chi connectivity index (χ2v) is 5.74. The highest BCUT2D eigenvalue weighted by atomic mass is 32.2. The number of rotatable bonds is 4. The van der Waals surface area contributed by atoms with Crippen LogP contribution in [0.5, 0.6) is 0 Å².